The average molecular weight is 484 g/mol. The summed E-state index contributed by atoms with van der Waals surface area (Å²) in [5.74, 6) is 1.00. The highest BCUT2D eigenvalue weighted by atomic mass is 16.5. The van der Waals surface area contributed by atoms with Crippen LogP contribution in [0.5, 0.6) is 5.75 Å². The monoisotopic (exact) mass is 483 g/mol. The maximum atomic E-state index is 12.4. The number of nitrogens with zero attached hydrogens (tertiary/aromatic N) is 3. The fraction of sp³-hybridized carbons (Fsp3) is 0.250. The van der Waals surface area contributed by atoms with E-state index in [0.29, 0.717) is 47.0 Å². The first-order valence-electron chi connectivity index (χ1n) is 11.7. The van der Waals surface area contributed by atoms with Crippen molar-refractivity contribution in [1.29, 1.82) is 5.26 Å². The molecule has 2 aromatic heterocycles. The Kier molecular flexibility index (Phi) is 6.67. The molecular formula is C28H25N3O5. The molecule has 0 bridgehead atoms. The van der Waals surface area contributed by atoms with Gasteiger partial charge in [0.2, 0.25) is 0 Å². The molecule has 1 N–H and O–H groups in total. The molecule has 1 aliphatic heterocycles. The molecule has 8 nitrogen and oxygen atoms in total. The van der Waals surface area contributed by atoms with Gasteiger partial charge in [-0.2, -0.15) is 5.26 Å². The normalized spacial score (nSPS) is 15.1. The summed E-state index contributed by atoms with van der Waals surface area (Å²) in [5, 5.41) is 18.8. The van der Waals surface area contributed by atoms with E-state index >= 15 is 0 Å². The first-order chi connectivity index (χ1) is 17.6. The van der Waals surface area contributed by atoms with Crippen LogP contribution in [0.1, 0.15) is 22.3 Å². The summed E-state index contributed by atoms with van der Waals surface area (Å²) in [6.07, 6.45) is 2.48. The van der Waals surface area contributed by atoms with Crippen molar-refractivity contribution in [2.45, 2.75) is 12.5 Å². The molecule has 1 amide bonds. The molecule has 4 aromatic rings. The lowest BCUT2D eigenvalue weighted by Crippen LogP contribution is -2.29. The molecule has 1 saturated heterocycles. The largest absolute Gasteiger partial charge is 0.487 e. The zero-order valence-electron chi connectivity index (χ0n) is 19.8. The molecule has 0 aliphatic carbocycles. The van der Waals surface area contributed by atoms with Crippen molar-refractivity contribution in [3.05, 3.63) is 71.9 Å². The third kappa shape index (κ3) is 4.67. The molecule has 0 radical (unpaired) electrons. The number of likely N-dealkylation sites (N-methyl/N-ethyl adjacent to an activating group) is 1. The van der Waals surface area contributed by atoms with Gasteiger partial charge in [-0.1, -0.05) is 18.2 Å². The molecule has 1 fully saturated rings. The summed E-state index contributed by atoms with van der Waals surface area (Å²) in [5.41, 5.74) is 4.71. The van der Waals surface area contributed by atoms with Gasteiger partial charge in [-0.25, -0.2) is 0 Å². The van der Waals surface area contributed by atoms with E-state index in [0.717, 1.165) is 23.1 Å². The quantitative estimate of drug-likeness (QED) is 0.418. The molecule has 1 unspecified atom stereocenters. The lowest BCUT2D eigenvalue weighted by atomic mass is 10.0. The van der Waals surface area contributed by atoms with Gasteiger partial charge >= 0.3 is 0 Å². The lowest BCUT2D eigenvalue weighted by Gasteiger charge is -2.15. The number of carbonyl (C=O) groups excluding carboxylic acids is 1. The molecule has 0 spiro atoms. The number of fused-ring (bicyclic) bond motifs is 1. The number of carbonyl (C=O) groups is 1. The Bertz CT molecular complexity index is 1430. The van der Waals surface area contributed by atoms with E-state index in [1.165, 1.54) is 4.90 Å². The standard InChI is InChI=1S/C28H25N3O5/c1-31(11-12-32)28(33)19-4-2-18(3-5-19)26-15-24-27(36-26)23(8-10-30-24)20-6-7-25(21(14-20)16-29)35-22-9-13-34-17-22/h2-8,10,14-15,22,32H,9,11-13,17H2,1H3. The Labute approximate surface area is 208 Å². The van der Waals surface area contributed by atoms with Crippen LogP contribution in [0, 0.1) is 11.3 Å². The molecule has 1 aliphatic rings. The van der Waals surface area contributed by atoms with E-state index < -0.39 is 0 Å². The highest BCUT2D eigenvalue weighted by Crippen LogP contribution is 2.35. The number of hydrogen-bond donors (Lipinski definition) is 1. The summed E-state index contributed by atoms with van der Waals surface area (Å²) in [4.78, 5) is 18.4. The summed E-state index contributed by atoms with van der Waals surface area (Å²) in [6.45, 7) is 1.38. The highest BCUT2D eigenvalue weighted by Gasteiger charge is 2.20. The Morgan fingerprint density at radius 2 is 2.00 bits per heavy atom. The van der Waals surface area contributed by atoms with Gasteiger partial charge < -0.3 is 23.9 Å². The summed E-state index contributed by atoms with van der Waals surface area (Å²) >= 11 is 0. The predicted octanol–water partition coefficient (Wildman–Crippen LogP) is 4.27. The first kappa shape index (κ1) is 23.5. The van der Waals surface area contributed by atoms with Crippen molar-refractivity contribution in [3.8, 4) is 34.3 Å². The van der Waals surface area contributed by atoms with Gasteiger partial charge in [-0.15, -0.1) is 0 Å². The molecular weight excluding hydrogens is 458 g/mol. The second-order valence-corrected chi connectivity index (χ2v) is 8.64. The van der Waals surface area contributed by atoms with Crippen molar-refractivity contribution in [1.82, 2.24) is 9.88 Å². The number of aliphatic hydroxyl groups excluding tert-OH is 1. The number of aromatic nitrogens is 1. The Morgan fingerprint density at radius 1 is 1.19 bits per heavy atom. The number of nitriles is 1. The molecule has 2 aromatic carbocycles. The van der Waals surface area contributed by atoms with E-state index in [4.69, 9.17) is 19.0 Å². The van der Waals surface area contributed by atoms with Gasteiger partial charge in [0.15, 0.2) is 5.58 Å². The second-order valence-electron chi connectivity index (χ2n) is 8.64. The van der Waals surface area contributed by atoms with Crippen molar-refractivity contribution in [2.24, 2.45) is 0 Å². The van der Waals surface area contributed by atoms with Crippen LogP contribution in [0.15, 0.2) is 65.2 Å². The van der Waals surface area contributed by atoms with Crippen molar-refractivity contribution >= 4 is 17.0 Å². The smallest absolute Gasteiger partial charge is 0.253 e. The van der Waals surface area contributed by atoms with E-state index in [9.17, 15) is 10.1 Å². The number of rotatable bonds is 7. The fourth-order valence-corrected chi connectivity index (χ4v) is 4.23. The Hall–Kier alpha value is -4.19. The number of furan rings is 1. The van der Waals surface area contributed by atoms with E-state index in [2.05, 4.69) is 11.1 Å². The Morgan fingerprint density at radius 3 is 2.72 bits per heavy atom. The highest BCUT2D eigenvalue weighted by molar-refractivity contribution is 5.95. The number of hydrogen-bond acceptors (Lipinski definition) is 7. The molecule has 0 saturated carbocycles. The molecule has 36 heavy (non-hydrogen) atoms. The third-order valence-corrected chi connectivity index (χ3v) is 6.20. The van der Waals surface area contributed by atoms with Crippen LogP contribution < -0.4 is 4.74 Å². The average Bonchev–Trinajstić information content (AvgIpc) is 3.58. The molecule has 5 rings (SSSR count). The maximum Gasteiger partial charge on any atom is 0.253 e. The van der Waals surface area contributed by atoms with Crippen molar-refractivity contribution in [3.63, 3.8) is 0 Å². The fourth-order valence-electron chi connectivity index (χ4n) is 4.23. The zero-order chi connectivity index (χ0) is 25.1. The van der Waals surface area contributed by atoms with Gasteiger partial charge in [0.1, 0.15) is 29.2 Å². The SMILES string of the molecule is CN(CCO)C(=O)c1ccc(-c2cc3nccc(-c4ccc(OC5CCOC5)c(C#N)c4)c3o2)cc1. The second kappa shape index (κ2) is 10.2. The van der Waals surface area contributed by atoms with Gasteiger partial charge in [-0.05, 0) is 35.9 Å². The summed E-state index contributed by atoms with van der Waals surface area (Å²) in [7, 11) is 1.65. The number of ether oxygens (including phenoxy) is 2. The van der Waals surface area contributed by atoms with Gasteiger partial charge in [-0.3, -0.25) is 9.78 Å². The van der Waals surface area contributed by atoms with Crippen LogP contribution in [0.3, 0.4) is 0 Å². The van der Waals surface area contributed by atoms with Crippen LogP contribution in [-0.2, 0) is 4.74 Å². The van der Waals surface area contributed by atoms with Crippen LogP contribution in [0.2, 0.25) is 0 Å². The minimum atomic E-state index is -0.162. The number of pyridine rings is 1. The van der Waals surface area contributed by atoms with E-state index in [1.807, 2.05) is 36.4 Å². The van der Waals surface area contributed by atoms with Crippen LogP contribution >= 0.6 is 0 Å². The van der Waals surface area contributed by atoms with Crippen LogP contribution in [-0.4, -0.2) is 60.4 Å². The molecule has 1 atom stereocenters. The molecule has 8 heteroatoms. The van der Waals surface area contributed by atoms with E-state index in [1.54, 1.807) is 31.4 Å². The van der Waals surface area contributed by atoms with Crippen LogP contribution in [0.4, 0.5) is 0 Å². The summed E-state index contributed by atoms with van der Waals surface area (Å²) in [6, 6.07) is 18.6. The topological polar surface area (TPSA) is 109 Å². The molecule has 3 heterocycles. The lowest BCUT2D eigenvalue weighted by molar-refractivity contribution is 0.0767. The third-order valence-electron chi connectivity index (χ3n) is 6.20. The van der Waals surface area contributed by atoms with Crippen LogP contribution in [0.25, 0.3) is 33.6 Å². The number of aliphatic hydroxyl groups is 1. The molecule has 182 valence electrons. The van der Waals surface area contributed by atoms with Crippen molar-refractivity contribution < 1.29 is 23.8 Å². The Balaban J connectivity index is 1.44. The predicted molar refractivity (Wildman–Crippen MR) is 133 cm³/mol. The van der Waals surface area contributed by atoms with Gasteiger partial charge in [0, 0.05) is 49.0 Å². The summed E-state index contributed by atoms with van der Waals surface area (Å²) < 4.78 is 17.6. The van der Waals surface area contributed by atoms with Gasteiger partial charge in [0.25, 0.3) is 5.91 Å². The minimum absolute atomic E-state index is 0.0417. The minimum Gasteiger partial charge on any atom is -0.487 e. The number of benzene rings is 2. The van der Waals surface area contributed by atoms with Gasteiger partial charge in [0.05, 0.1) is 25.4 Å². The number of amides is 1. The maximum absolute atomic E-state index is 12.4. The first-order valence-corrected chi connectivity index (χ1v) is 11.7. The van der Waals surface area contributed by atoms with E-state index in [-0.39, 0.29) is 25.2 Å². The zero-order valence-corrected chi connectivity index (χ0v) is 19.8. The van der Waals surface area contributed by atoms with Crippen molar-refractivity contribution in [2.75, 3.05) is 33.4 Å².